The van der Waals surface area contributed by atoms with Crippen LogP contribution in [0.25, 0.3) is 0 Å². The van der Waals surface area contributed by atoms with Gasteiger partial charge in [0.25, 0.3) is 0 Å². The molecule has 0 amide bonds. The Morgan fingerprint density at radius 2 is 1.93 bits per heavy atom. The van der Waals surface area contributed by atoms with E-state index in [-0.39, 0.29) is 5.41 Å². The average Bonchev–Trinajstić information content (AvgIpc) is 3.26. The maximum absolute atomic E-state index is 5.75. The standard InChI is InChI=1S/C23H29N3O/c1-16-24-13-19-7-9-23(22(19)25-16)8-4-10-26(15-23)14-20-11-17-5-3-6-18(17)12-21(20)27-2/h11-13H,3-10,14-15H2,1-2H3. The highest BCUT2D eigenvalue weighted by Gasteiger charge is 2.43. The van der Waals surface area contributed by atoms with E-state index >= 15 is 0 Å². The maximum Gasteiger partial charge on any atom is 0.125 e. The van der Waals surface area contributed by atoms with Gasteiger partial charge >= 0.3 is 0 Å². The van der Waals surface area contributed by atoms with Crippen LogP contribution in [-0.4, -0.2) is 35.1 Å². The molecule has 1 aromatic heterocycles. The number of hydrogen-bond donors (Lipinski definition) is 0. The molecule has 1 unspecified atom stereocenters. The zero-order chi connectivity index (χ0) is 18.4. The fourth-order valence-electron chi connectivity index (χ4n) is 5.60. The molecule has 4 nitrogen and oxygen atoms in total. The molecule has 27 heavy (non-hydrogen) atoms. The van der Waals surface area contributed by atoms with Crippen molar-refractivity contribution < 1.29 is 4.74 Å². The molecule has 142 valence electrons. The van der Waals surface area contributed by atoms with E-state index in [1.807, 2.05) is 14.0 Å². The minimum atomic E-state index is 0.227. The predicted molar refractivity (Wildman–Crippen MR) is 106 cm³/mol. The van der Waals surface area contributed by atoms with Crippen LogP contribution in [0.5, 0.6) is 5.75 Å². The van der Waals surface area contributed by atoms with Crippen LogP contribution in [0.2, 0.25) is 0 Å². The molecular formula is C23H29N3O. The Hall–Kier alpha value is -1.94. The molecule has 1 spiro atoms. The van der Waals surface area contributed by atoms with Crippen molar-refractivity contribution in [3.8, 4) is 5.75 Å². The number of fused-ring (bicyclic) bond motifs is 3. The maximum atomic E-state index is 5.75. The second kappa shape index (κ2) is 6.59. The van der Waals surface area contributed by atoms with E-state index in [1.54, 1.807) is 0 Å². The van der Waals surface area contributed by atoms with Gasteiger partial charge in [-0.25, -0.2) is 9.97 Å². The molecule has 1 saturated heterocycles. The number of rotatable bonds is 3. The number of nitrogens with zero attached hydrogens (tertiary/aromatic N) is 3. The molecule has 0 bridgehead atoms. The van der Waals surface area contributed by atoms with E-state index in [4.69, 9.17) is 9.72 Å². The zero-order valence-electron chi connectivity index (χ0n) is 16.6. The smallest absolute Gasteiger partial charge is 0.125 e. The number of hydrogen-bond acceptors (Lipinski definition) is 4. The molecule has 0 saturated carbocycles. The Kier molecular flexibility index (Phi) is 4.19. The van der Waals surface area contributed by atoms with Gasteiger partial charge in [0.2, 0.25) is 0 Å². The molecule has 1 atom stereocenters. The SMILES string of the molecule is COc1cc2c(cc1CN1CCCC3(CCc4cnc(C)nc43)C1)CCC2. The van der Waals surface area contributed by atoms with E-state index < -0.39 is 0 Å². The van der Waals surface area contributed by atoms with Gasteiger partial charge in [-0.1, -0.05) is 6.07 Å². The van der Waals surface area contributed by atoms with Crippen LogP contribution in [0.3, 0.4) is 0 Å². The van der Waals surface area contributed by atoms with Gasteiger partial charge in [-0.05, 0) is 81.2 Å². The summed E-state index contributed by atoms with van der Waals surface area (Å²) in [6, 6.07) is 4.70. The second-order valence-electron chi connectivity index (χ2n) is 8.67. The number of piperidine rings is 1. The molecule has 2 aliphatic carbocycles. The summed E-state index contributed by atoms with van der Waals surface area (Å²) in [5.74, 6) is 1.98. The molecule has 4 heteroatoms. The molecule has 2 heterocycles. The number of ether oxygens (including phenoxy) is 1. The van der Waals surface area contributed by atoms with Crippen molar-refractivity contribution in [2.24, 2.45) is 0 Å². The minimum absolute atomic E-state index is 0.227. The van der Waals surface area contributed by atoms with Crippen LogP contribution in [0, 0.1) is 6.92 Å². The van der Waals surface area contributed by atoms with Gasteiger partial charge in [0.1, 0.15) is 11.6 Å². The number of benzene rings is 1. The van der Waals surface area contributed by atoms with E-state index in [0.717, 1.165) is 31.1 Å². The highest BCUT2D eigenvalue weighted by atomic mass is 16.5. The molecule has 3 aliphatic rings. The summed E-state index contributed by atoms with van der Waals surface area (Å²) < 4.78 is 5.75. The number of aromatic nitrogens is 2. The summed E-state index contributed by atoms with van der Waals surface area (Å²) in [5, 5.41) is 0. The Labute approximate surface area is 162 Å². The van der Waals surface area contributed by atoms with Gasteiger partial charge in [-0.3, -0.25) is 4.90 Å². The summed E-state index contributed by atoms with van der Waals surface area (Å²) in [6.07, 6.45) is 10.6. The van der Waals surface area contributed by atoms with Gasteiger partial charge in [0.05, 0.1) is 12.8 Å². The quantitative estimate of drug-likeness (QED) is 0.832. The van der Waals surface area contributed by atoms with Gasteiger partial charge in [0, 0.05) is 30.3 Å². The van der Waals surface area contributed by atoms with Crippen molar-refractivity contribution in [2.45, 2.75) is 63.8 Å². The van der Waals surface area contributed by atoms with Crippen molar-refractivity contribution in [3.05, 3.63) is 52.1 Å². The van der Waals surface area contributed by atoms with E-state index in [0.29, 0.717) is 0 Å². The van der Waals surface area contributed by atoms with E-state index in [1.165, 1.54) is 73.0 Å². The Morgan fingerprint density at radius 1 is 1.07 bits per heavy atom. The highest BCUT2D eigenvalue weighted by Crippen LogP contribution is 2.44. The summed E-state index contributed by atoms with van der Waals surface area (Å²) >= 11 is 0. The Bertz CT molecular complexity index is 874. The second-order valence-corrected chi connectivity index (χ2v) is 8.67. The fourth-order valence-corrected chi connectivity index (χ4v) is 5.60. The summed E-state index contributed by atoms with van der Waals surface area (Å²) in [7, 11) is 1.81. The first kappa shape index (κ1) is 17.2. The number of methoxy groups -OCH3 is 1. The van der Waals surface area contributed by atoms with Gasteiger partial charge in [0.15, 0.2) is 0 Å². The monoisotopic (exact) mass is 363 g/mol. The van der Waals surface area contributed by atoms with Gasteiger partial charge in [-0.2, -0.15) is 0 Å². The van der Waals surface area contributed by atoms with Gasteiger partial charge in [-0.15, -0.1) is 0 Å². The average molecular weight is 364 g/mol. The van der Waals surface area contributed by atoms with Crippen LogP contribution in [0.1, 0.15) is 59.5 Å². The lowest BCUT2D eigenvalue weighted by Crippen LogP contribution is -2.45. The summed E-state index contributed by atoms with van der Waals surface area (Å²) in [4.78, 5) is 12.0. The van der Waals surface area contributed by atoms with Crippen LogP contribution in [0.15, 0.2) is 18.3 Å². The summed E-state index contributed by atoms with van der Waals surface area (Å²) in [5.41, 5.74) is 7.31. The zero-order valence-corrected chi connectivity index (χ0v) is 16.6. The van der Waals surface area contributed by atoms with Crippen LogP contribution >= 0.6 is 0 Å². The third-order valence-corrected chi connectivity index (χ3v) is 6.90. The van der Waals surface area contributed by atoms with Crippen molar-refractivity contribution in [1.29, 1.82) is 0 Å². The third-order valence-electron chi connectivity index (χ3n) is 6.90. The van der Waals surface area contributed by atoms with Crippen molar-refractivity contribution >= 4 is 0 Å². The van der Waals surface area contributed by atoms with Crippen molar-refractivity contribution in [1.82, 2.24) is 14.9 Å². The molecule has 1 aromatic carbocycles. The Balaban J connectivity index is 1.41. The molecule has 0 N–H and O–H groups in total. The molecule has 0 radical (unpaired) electrons. The first-order chi connectivity index (χ1) is 13.2. The molecular weight excluding hydrogens is 334 g/mol. The lowest BCUT2D eigenvalue weighted by Gasteiger charge is -2.40. The lowest BCUT2D eigenvalue weighted by molar-refractivity contribution is 0.135. The largest absolute Gasteiger partial charge is 0.496 e. The van der Waals surface area contributed by atoms with E-state index in [2.05, 4.69) is 28.2 Å². The van der Waals surface area contributed by atoms with Crippen molar-refractivity contribution in [3.63, 3.8) is 0 Å². The highest BCUT2D eigenvalue weighted by molar-refractivity contribution is 5.45. The van der Waals surface area contributed by atoms with E-state index in [9.17, 15) is 0 Å². The normalized spacial score (nSPS) is 24.2. The lowest BCUT2D eigenvalue weighted by atomic mass is 9.77. The predicted octanol–water partition coefficient (Wildman–Crippen LogP) is 3.76. The summed E-state index contributed by atoms with van der Waals surface area (Å²) in [6.45, 7) is 5.28. The van der Waals surface area contributed by atoms with Crippen LogP contribution in [0.4, 0.5) is 0 Å². The Morgan fingerprint density at radius 3 is 2.78 bits per heavy atom. The van der Waals surface area contributed by atoms with Crippen LogP contribution < -0.4 is 4.74 Å². The molecule has 2 aromatic rings. The molecule has 1 aliphatic heterocycles. The first-order valence-corrected chi connectivity index (χ1v) is 10.4. The van der Waals surface area contributed by atoms with Gasteiger partial charge < -0.3 is 4.74 Å². The molecule has 5 rings (SSSR count). The van der Waals surface area contributed by atoms with Crippen molar-refractivity contribution in [2.75, 3.05) is 20.2 Å². The molecule has 1 fully saturated rings. The fraction of sp³-hybridized carbons (Fsp3) is 0.565. The number of likely N-dealkylation sites (tertiary alicyclic amines) is 1. The minimum Gasteiger partial charge on any atom is -0.496 e. The first-order valence-electron chi connectivity index (χ1n) is 10.4. The number of aryl methyl sites for hydroxylation is 4. The third kappa shape index (κ3) is 2.94. The van der Waals surface area contributed by atoms with Crippen LogP contribution in [-0.2, 0) is 31.2 Å². The topological polar surface area (TPSA) is 38.2 Å².